The Morgan fingerprint density at radius 3 is 2.84 bits per heavy atom. The number of nitrogens with one attached hydrogen (secondary N) is 1. The molecule has 19 heavy (non-hydrogen) atoms. The van der Waals surface area contributed by atoms with Crippen molar-refractivity contribution in [2.24, 2.45) is 0 Å². The summed E-state index contributed by atoms with van der Waals surface area (Å²) in [5, 5.41) is 11.4. The smallest absolute Gasteiger partial charge is 0.407 e. The zero-order chi connectivity index (χ0) is 14.1. The molecule has 0 aliphatic carbocycles. The fourth-order valence-electron chi connectivity index (χ4n) is 1.48. The number of carboxylic acids is 1. The van der Waals surface area contributed by atoms with Gasteiger partial charge in [0.15, 0.2) is 0 Å². The number of carbonyl (C=O) groups excluding carboxylic acids is 1. The predicted molar refractivity (Wildman–Crippen MR) is 68.6 cm³/mol. The van der Waals surface area contributed by atoms with Crippen LogP contribution in [0, 0.1) is 0 Å². The zero-order valence-electron chi connectivity index (χ0n) is 10.8. The normalized spacial score (nSPS) is 11.6. The molecule has 6 nitrogen and oxygen atoms in total. The van der Waals surface area contributed by atoms with Gasteiger partial charge in [0.1, 0.15) is 0 Å². The SMILES string of the molecule is CCCCOC(=O)NC(CC(=O)O)c1ccccn1. The van der Waals surface area contributed by atoms with Crippen molar-refractivity contribution in [1.29, 1.82) is 0 Å². The first-order valence-corrected chi connectivity index (χ1v) is 6.19. The van der Waals surface area contributed by atoms with Gasteiger partial charge in [0.2, 0.25) is 0 Å². The lowest BCUT2D eigenvalue weighted by Gasteiger charge is -2.16. The van der Waals surface area contributed by atoms with Crippen molar-refractivity contribution >= 4 is 12.1 Å². The number of nitrogens with zero attached hydrogens (tertiary/aromatic N) is 1. The Labute approximate surface area is 111 Å². The summed E-state index contributed by atoms with van der Waals surface area (Å²) in [5.41, 5.74) is 0.498. The van der Waals surface area contributed by atoms with Crippen LogP contribution in [-0.4, -0.2) is 28.8 Å². The van der Waals surface area contributed by atoms with Crippen molar-refractivity contribution in [3.05, 3.63) is 30.1 Å². The minimum atomic E-state index is -1.01. The molecule has 0 bridgehead atoms. The van der Waals surface area contributed by atoms with E-state index < -0.39 is 18.1 Å². The van der Waals surface area contributed by atoms with E-state index in [-0.39, 0.29) is 6.42 Å². The lowest BCUT2D eigenvalue weighted by atomic mass is 10.1. The van der Waals surface area contributed by atoms with Crippen molar-refractivity contribution in [3.8, 4) is 0 Å². The fourth-order valence-corrected chi connectivity index (χ4v) is 1.48. The molecule has 0 fully saturated rings. The maximum atomic E-state index is 11.5. The number of carboxylic acid groups (broad SMARTS) is 1. The van der Waals surface area contributed by atoms with Crippen LogP contribution in [0.1, 0.15) is 37.9 Å². The molecule has 1 rings (SSSR count). The van der Waals surface area contributed by atoms with E-state index in [0.717, 1.165) is 12.8 Å². The molecule has 0 saturated heterocycles. The van der Waals surface area contributed by atoms with Gasteiger partial charge in [-0.2, -0.15) is 0 Å². The average Bonchev–Trinajstić information content (AvgIpc) is 2.39. The average molecular weight is 266 g/mol. The van der Waals surface area contributed by atoms with E-state index in [1.54, 1.807) is 24.4 Å². The van der Waals surface area contributed by atoms with Crippen LogP contribution in [0.25, 0.3) is 0 Å². The number of aromatic nitrogens is 1. The van der Waals surface area contributed by atoms with Crippen LogP contribution >= 0.6 is 0 Å². The highest BCUT2D eigenvalue weighted by atomic mass is 16.5. The minimum absolute atomic E-state index is 0.236. The van der Waals surface area contributed by atoms with Gasteiger partial charge in [-0.25, -0.2) is 4.79 Å². The topological polar surface area (TPSA) is 88.5 Å². The number of rotatable bonds is 7. The van der Waals surface area contributed by atoms with E-state index in [4.69, 9.17) is 9.84 Å². The molecule has 0 radical (unpaired) electrons. The molecule has 1 unspecified atom stereocenters. The lowest BCUT2D eigenvalue weighted by molar-refractivity contribution is -0.137. The molecule has 0 spiro atoms. The summed E-state index contributed by atoms with van der Waals surface area (Å²) in [6.07, 6.45) is 2.39. The summed E-state index contributed by atoms with van der Waals surface area (Å²) in [6.45, 7) is 2.31. The van der Waals surface area contributed by atoms with Gasteiger partial charge >= 0.3 is 12.1 Å². The Morgan fingerprint density at radius 2 is 2.26 bits per heavy atom. The Bertz CT molecular complexity index is 408. The number of hydrogen-bond acceptors (Lipinski definition) is 4. The van der Waals surface area contributed by atoms with E-state index >= 15 is 0 Å². The van der Waals surface area contributed by atoms with Crippen LogP contribution in [-0.2, 0) is 9.53 Å². The van der Waals surface area contributed by atoms with Crippen LogP contribution in [0.5, 0.6) is 0 Å². The molecule has 1 aromatic heterocycles. The highest BCUT2D eigenvalue weighted by Crippen LogP contribution is 2.14. The predicted octanol–water partition coefficient (Wildman–Crippen LogP) is 2.12. The van der Waals surface area contributed by atoms with E-state index in [9.17, 15) is 9.59 Å². The summed E-state index contributed by atoms with van der Waals surface area (Å²) in [4.78, 5) is 26.4. The number of unbranched alkanes of at least 4 members (excludes halogenated alkanes) is 1. The highest BCUT2D eigenvalue weighted by molar-refractivity contribution is 5.71. The third kappa shape index (κ3) is 5.85. The largest absolute Gasteiger partial charge is 0.481 e. The molecule has 0 saturated carbocycles. The van der Waals surface area contributed by atoms with Gasteiger partial charge in [-0.1, -0.05) is 19.4 Å². The van der Waals surface area contributed by atoms with Crippen molar-refractivity contribution in [2.45, 2.75) is 32.2 Å². The molecule has 104 valence electrons. The second-order valence-corrected chi connectivity index (χ2v) is 4.04. The minimum Gasteiger partial charge on any atom is -0.481 e. The Balaban J connectivity index is 2.60. The number of hydrogen-bond donors (Lipinski definition) is 2. The number of pyridine rings is 1. The molecular weight excluding hydrogens is 248 g/mol. The van der Waals surface area contributed by atoms with E-state index in [2.05, 4.69) is 10.3 Å². The van der Waals surface area contributed by atoms with Gasteiger partial charge in [-0.15, -0.1) is 0 Å². The molecule has 2 N–H and O–H groups in total. The van der Waals surface area contributed by atoms with Crippen LogP contribution < -0.4 is 5.32 Å². The van der Waals surface area contributed by atoms with Crippen molar-refractivity contribution < 1.29 is 19.4 Å². The summed E-state index contributed by atoms with van der Waals surface area (Å²) >= 11 is 0. The molecule has 1 atom stereocenters. The van der Waals surface area contributed by atoms with Crippen LogP contribution in [0.4, 0.5) is 4.79 Å². The number of aliphatic carboxylic acids is 1. The Kier molecular flexibility index (Phi) is 6.35. The van der Waals surface area contributed by atoms with Gasteiger partial charge < -0.3 is 15.2 Å². The second kappa shape index (κ2) is 8.07. The Hall–Kier alpha value is -2.11. The van der Waals surface area contributed by atoms with Crippen molar-refractivity contribution in [2.75, 3.05) is 6.61 Å². The highest BCUT2D eigenvalue weighted by Gasteiger charge is 2.19. The van der Waals surface area contributed by atoms with Gasteiger partial charge in [0, 0.05) is 6.20 Å². The molecule has 1 aromatic rings. The zero-order valence-corrected chi connectivity index (χ0v) is 10.8. The third-order valence-corrected chi connectivity index (χ3v) is 2.45. The summed E-state index contributed by atoms with van der Waals surface area (Å²) in [5.74, 6) is -1.01. The maximum absolute atomic E-state index is 11.5. The first kappa shape index (κ1) is 14.9. The molecule has 0 aliphatic rings. The Morgan fingerprint density at radius 1 is 1.47 bits per heavy atom. The van der Waals surface area contributed by atoms with Gasteiger partial charge in [-0.05, 0) is 18.6 Å². The van der Waals surface area contributed by atoms with Crippen LogP contribution in [0.3, 0.4) is 0 Å². The van der Waals surface area contributed by atoms with Crippen molar-refractivity contribution in [3.63, 3.8) is 0 Å². The van der Waals surface area contributed by atoms with E-state index in [0.29, 0.717) is 12.3 Å². The summed E-state index contributed by atoms with van der Waals surface area (Å²) in [6, 6.07) is 4.44. The van der Waals surface area contributed by atoms with Crippen molar-refractivity contribution in [1.82, 2.24) is 10.3 Å². The quantitative estimate of drug-likeness (QED) is 0.738. The molecule has 0 aliphatic heterocycles. The van der Waals surface area contributed by atoms with Gasteiger partial charge in [-0.3, -0.25) is 9.78 Å². The number of amides is 1. The van der Waals surface area contributed by atoms with Crippen LogP contribution in [0.2, 0.25) is 0 Å². The monoisotopic (exact) mass is 266 g/mol. The number of alkyl carbamates (subject to hydrolysis) is 1. The third-order valence-electron chi connectivity index (χ3n) is 2.45. The molecule has 0 aromatic carbocycles. The van der Waals surface area contributed by atoms with E-state index in [1.807, 2.05) is 6.92 Å². The summed E-state index contributed by atoms with van der Waals surface area (Å²) in [7, 11) is 0. The number of carbonyl (C=O) groups is 2. The van der Waals surface area contributed by atoms with Crippen LogP contribution in [0.15, 0.2) is 24.4 Å². The molecule has 1 heterocycles. The molecule has 6 heteroatoms. The first-order valence-electron chi connectivity index (χ1n) is 6.19. The van der Waals surface area contributed by atoms with Gasteiger partial charge in [0.25, 0.3) is 0 Å². The molecule has 1 amide bonds. The fraction of sp³-hybridized carbons (Fsp3) is 0.462. The van der Waals surface area contributed by atoms with Gasteiger partial charge in [0.05, 0.1) is 24.8 Å². The lowest BCUT2D eigenvalue weighted by Crippen LogP contribution is -2.31. The number of ether oxygens (including phenoxy) is 1. The molecular formula is C13H18N2O4. The first-order chi connectivity index (χ1) is 9.13. The maximum Gasteiger partial charge on any atom is 0.407 e. The van der Waals surface area contributed by atoms with E-state index in [1.165, 1.54) is 0 Å². The standard InChI is InChI=1S/C13H18N2O4/c1-2-3-8-19-13(18)15-11(9-12(16)17)10-6-4-5-7-14-10/h4-7,11H,2-3,8-9H2,1H3,(H,15,18)(H,16,17). The summed E-state index contributed by atoms with van der Waals surface area (Å²) < 4.78 is 4.95. The second-order valence-electron chi connectivity index (χ2n) is 4.04.